The molecule has 23 heavy (non-hydrogen) atoms. The highest BCUT2D eigenvalue weighted by molar-refractivity contribution is 6.33. The molecule has 1 aliphatic rings. The summed E-state index contributed by atoms with van der Waals surface area (Å²) in [6.07, 6.45) is 10.2. The van der Waals surface area contributed by atoms with Crippen molar-refractivity contribution in [2.45, 2.75) is 13.1 Å². The molecule has 4 rings (SSSR count). The van der Waals surface area contributed by atoms with Crippen LogP contribution in [-0.2, 0) is 13.1 Å². The van der Waals surface area contributed by atoms with Crippen LogP contribution >= 0.6 is 11.6 Å². The Hall–Kier alpha value is -2.53. The average molecular weight is 325 g/mol. The van der Waals surface area contributed by atoms with Crippen molar-refractivity contribution in [2.24, 2.45) is 5.92 Å². The van der Waals surface area contributed by atoms with Gasteiger partial charge in [0.15, 0.2) is 10.8 Å². The fourth-order valence-electron chi connectivity index (χ4n) is 2.66. The van der Waals surface area contributed by atoms with Crippen LogP contribution in [0.25, 0.3) is 11.2 Å². The summed E-state index contributed by atoms with van der Waals surface area (Å²) in [5.41, 5.74) is 2.57. The molecule has 1 N–H and O–H groups in total. The molecule has 3 aromatic rings. The minimum Gasteiger partial charge on any atom is -0.362 e. The first-order valence-electron chi connectivity index (χ1n) is 7.47. The molecule has 0 atom stereocenters. The highest BCUT2D eigenvalue weighted by Crippen LogP contribution is 2.22. The summed E-state index contributed by atoms with van der Waals surface area (Å²) < 4.78 is 2.02. The number of nitrogens with zero attached hydrogens (tertiary/aromatic N) is 4. The van der Waals surface area contributed by atoms with Gasteiger partial charge in [-0.25, -0.2) is 11.1 Å². The zero-order valence-electron chi connectivity index (χ0n) is 12.4. The Morgan fingerprint density at radius 2 is 2.13 bits per heavy atom. The second-order valence-electron chi connectivity index (χ2n) is 5.49. The van der Waals surface area contributed by atoms with Gasteiger partial charge in [0.2, 0.25) is 5.95 Å². The number of imidazole rings is 1. The van der Waals surface area contributed by atoms with Gasteiger partial charge in [-0.05, 0) is 6.54 Å². The van der Waals surface area contributed by atoms with Gasteiger partial charge >= 0.3 is 0 Å². The smallest absolute Gasteiger partial charge is 0.225 e. The van der Waals surface area contributed by atoms with Gasteiger partial charge in [-0.1, -0.05) is 35.9 Å². The number of rotatable bonds is 5. The number of nitrogens with one attached hydrogen (secondary N) is 1. The van der Waals surface area contributed by atoms with Crippen LogP contribution in [0.3, 0.4) is 0 Å². The summed E-state index contributed by atoms with van der Waals surface area (Å²) in [5, 5.41) is 3.59. The fourth-order valence-corrected chi connectivity index (χ4v) is 2.88. The van der Waals surface area contributed by atoms with Crippen LogP contribution in [0.2, 0.25) is 5.15 Å². The molecule has 0 saturated heterocycles. The van der Waals surface area contributed by atoms with Crippen molar-refractivity contribution in [2.75, 3.05) is 5.32 Å². The van der Waals surface area contributed by atoms with Crippen molar-refractivity contribution in [3.63, 3.8) is 0 Å². The summed E-state index contributed by atoms with van der Waals surface area (Å²) >= 11 is 6.26. The minimum atomic E-state index is 0.363. The predicted octanol–water partition coefficient (Wildman–Crippen LogP) is 3.55. The first-order valence-corrected chi connectivity index (χ1v) is 7.85. The zero-order chi connectivity index (χ0) is 15.6. The molecule has 2 heterocycles. The van der Waals surface area contributed by atoms with E-state index in [-0.39, 0.29) is 0 Å². The Morgan fingerprint density at radius 1 is 1.26 bits per heavy atom. The van der Waals surface area contributed by atoms with Gasteiger partial charge in [-0.15, -0.1) is 0 Å². The Balaban J connectivity index is 1.61. The quantitative estimate of drug-likeness (QED) is 0.576. The van der Waals surface area contributed by atoms with Crippen molar-refractivity contribution in [3.8, 4) is 0 Å². The van der Waals surface area contributed by atoms with E-state index in [2.05, 4.69) is 56.7 Å². The highest BCUT2D eigenvalue weighted by Gasteiger charge is 2.14. The summed E-state index contributed by atoms with van der Waals surface area (Å²) in [6.45, 7) is 1.45. The molecular formula is C17H15ClN5-. The summed E-state index contributed by atoms with van der Waals surface area (Å²) in [4.78, 5) is 13.2. The molecule has 1 aromatic carbocycles. The van der Waals surface area contributed by atoms with E-state index in [1.807, 2.05) is 16.7 Å². The van der Waals surface area contributed by atoms with E-state index in [0.29, 0.717) is 29.1 Å². The Bertz CT molecular complexity index is 864. The number of aromatic nitrogens is 4. The molecule has 0 saturated carbocycles. The predicted molar refractivity (Wildman–Crippen MR) is 91.5 cm³/mol. The molecule has 2 aromatic heterocycles. The molecular weight excluding hydrogens is 310 g/mol. The molecule has 1 aliphatic carbocycles. The van der Waals surface area contributed by atoms with Crippen molar-refractivity contribution in [3.05, 3.63) is 65.6 Å². The van der Waals surface area contributed by atoms with E-state index in [1.54, 1.807) is 6.33 Å². The number of allylic oxidation sites excluding steroid dienone is 4. The second-order valence-corrected chi connectivity index (χ2v) is 5.85. The van der Waals surface area contributed by atoms with E-state index in [0.717, 1.165) is 12.2 Å². The second kappa shape index (κ2) is 5.93. The number of hydrogen-bond acceptors (Lipinski definition) is 4. The zero-order valence-corrected chi connectivity index (χ0v) is 13.1. The highest BCUT2D eigenvalue weighted by atomic mass is 35.5. The van der Waals surface area contributed by atoms with Crippen molar-refractivity contribution >= 4 is 28.7 Å². The lowest BCUT2D eigenvalue weighted by molar-refractivity contribution is 0.630. The van der Waals surface area contributed by atoms with E-state index < -0.39 is 0 Å². The van der Waals surface area contributed by atoms with Gasteiger partial charge < -0.3 is 9.88 Å². The lowest BCUT2D eigenvalue weighted by Crippen LogP contribution is -2.07. The van der Waals surface area contributed by atoms with E-state index in [4.69, 9.17) is 11.6 Å². The van der Waals surface area contributed by atoms with Gasteiger partial charge in [0.1, 0.15) is 5.52 Å². The standard InChI is InChI=1S/C17H15ClN5/c18-15-14-16(23(11-20-14)10-13-7-3-4-8-13)22-17(21-15)19-9-12-5-1-2-6-12/h1-8,11,13H,9-10H2,(H,19,21,22)/q-1. The van der Waals surface area contributed by atoms with Crippen LogP contribution in [0, 0.1) is 5.92 Å². The number of hydrogen-bond donors (Lipinski definition) is 1. The lowest BCUT2D eigenvalue weighted by Gasteiger charge is -2.10. The third-order valence-electron chi connectivity index (χ3n) is 3.84. The fraction of sp³-hybridized carbons (Fsp3) is 0.176. The number of halogens is 1. The van der Waals surface area contributed by atoms with Crippen LogP contribution in [0.5, 0.6) is 0 Å². The third kappa shape index (κ3) is 2.87. The van der Waals surface area contributed by atoms with Gasteiger partial charge in [0.25, 0.3) is 0 Å². The van der Waals surface area contributed by atoms with Crippen molar-refractivity contribution in [1.29, 1.82) is 0 Å². The Morgan fingerprint density at radius 3 is 2.91 bits per heavy atom. The summed E-state index contributed by atoms with van der Waals surface area (Å²) in [7, 11) is 0. The first-order chi connectivity index (χ1) is 11.3. The molecule has 0 unspecified atom stereocenters. The van der Waals surface area contributed by atoms with Gasteiger partial charge in [-0.2, -0.15) is 33.7 Å². The van der Waals surface area contributed by atoms with Crippen LogP contribution in [0.1, 0.15) is 5.56 Å². The largest absolute Gasteiger partial charge is 0.362 e. The summed E-state index contributed by atoms with van der Waals surface area (Å²) in [6, 6.07) is 8.11. The number of fused-ring (bicyclic) bond motifs is 1. The topological polar surface area (TPSA) is 55.6 Å². The van der Waals surface area contributed by atoms with Gasteiger partial charge in [0.05, 0.1) is 6.33 Å². The molecule has 0 aliphatic heterocycles. The van der Waals surface area contributed by atoms with Crippen molar-refractivity contribution in [1.82, 2.24) is 19.5 Å². The van der Waals surface area contributed by atoms with Crippen LogP contribution in [-0.4, -0.2) is 19.5 Å². The summed E-state index contributed by atoms with van der Waals surface area (Å²) in [5.74, 6) is 0.879. The maximum Gasteiger partial charge on any atom is 0.225 e. The first kappa shape index (κ1) is 14.1. The van der Waals surface area contributed by atoms with Crippen LogP contribution in [0.15, 0.2) is 54.9 Å². The van der Waals surface area contributed by atoms with E-state index in [1.165, 1.54) is 5.56 Å². The van der Waals surface area contributed by atoms with E-state index >= 15 is 0 Å². The Kier molecular flexibility index (Phi) is 3.63. The molecule has 0 spiro atoms. The molecule has 6 heteroatoms. The normalized spacial score (nSPS) is 14.1. The van der Waals surface area contributed by atoms with Gasteiger partial charge in [0, 0.05) is 12.5 Å². The number of anilines is 1. The van der Waals surface area contributed by atoms with Crippen molar-refractivity contribution < 1.29 is 0 Å². The molecule has 116 valence electrons. The van der Waals surface area contributed by atoms with Crippen LogP contribution in [0.4, 0.5) is 5.95 Å². The molecule has 5 nitrogen and oxygen atoms in total. The van der Waals surface area contributed by atoms with E-state index in [9.17, 15) is 0 Å². The molecule has 0 bridgehead atoms. The Labute approximate surface area is 138 Å². The lowest BCUT2D eigenvalue weighted by atomic mass is 10.2. The third-order valence-corrected chi connectivity index (χ3v) is 4.10. The SMILES string of the molecule is Clc1nc(NCc2cc[cH-]c2)nc2c1ncn2CC1C=CC=C1. The maximum atomic E-state index is 6.26. The molecule has 0 fully saturated rings. The maximum absolute atomic E-state index is 6.26. The monoisotopic (exact) mass is 324 g/mol. The molecule has 0 radical (unpaired) electrons. The molecule has 0 amide bonds. The average Bonchev–Trinajstić information content (AvgIpc) is 3.28. The van der Waals surface area contributed by atoms with Gasteiger partial charge in [-0.3, -0.25) is 0 Å². The van der Waals surface area contributed by atoms with Crippen LogP contribution < -0.4 is 5.32 Å². The minimum absolute atomic E-state index is 0.363.